The van der Waals surface area contributed by atoms with Crippen molar-refractivity contribution in [3.8, 4) is 0 Å². The molecular weight excluding hydrogens is 290 g/mol. The number of fused-ring (bicyclic) bond motifs is 1. The predicted octanol–water partition coefficient (Wildman–Crippen LogP) is 2.47. The lowest BCUT2D eigenvalue weighted by Gasteiger charge is -1.98. The molecule has 0 bridgehead atoms. The van der Waals surface area contributed by atoms with E-state index in [1.807, 2.05) is 17.5 Å². The van der Waals surface area contributed by atoms with E-state index in [1.54, 1.807) is 23.6 Å². The van der Waals surface area contributed by atoms with Crippen molar-refractivity contribution in [1.82, 2.24) is 0 Å². The summed E-state index contributed by atoms with van der Waals surface area (Å²) in [7, 11) is 0. The third kappa shape index (κ3) is 2.59. The number of aliphatic imine (C=N–C) groups is 3. The molecule has 0 aliphatic carbocycles. The van der Waals surface area contributed by atoms with Crippen LogP contribution in [0.3, 0.4) is 0 Å². The van der Waals surface area contributed by atoms with Crippen LogP contribution in [0.1, 0.15) is 0 Å². The van der Waals surface area contributed by atoms with Gasteiger partial charge in [0.05, 0.1) is 9.36 Å². The van der Waals surface area contributed by atoms with Crippen LogP contribution in [0, 0.1) is 0 Å². The number of carbonyl (C=O) groups excluding carboxylic acids is 1. The normalized spacial score (nSPS) is 16.2. The second-order valence-corrected chi connectivity index (χ2v) is 5.11. The molecule has 0 atom stereocenters. The lowest BCUT2D eigenvalue weighted by Crippen LogP contribution is -2.10. The van der Waals surface area contributed by atoms with Gasteiger partial charge in [0.15, 0.2) is 5.84 Å². The van der Waals surface area contributed by atoms with Crippen LogP contribution in [0.15, 0.2) is 47.9 Å². The second kappa shape index (κ2) is 5.09. The van der Waals surface area contributed by atoms with Crippen LogP contribution in [0.4, 0.5) is 0 Å². The number of halogens is 1. The maximum absolute atomic E-state index is 10.8. The molecule has 80 valence electrons. The van der Waals surface area contributed by atoms with Crippen LogP contribution in [0.2, 0.25) is 0 Å². The van der Waals surface area contributed by atoms with E-state index < -0.39 is 0 Å². The quantitative estimate of drug-likeness (QED) is 0.725. The van der Waals surface area contributed by atoms with Gasteiger partial charge in [0.25, 0.3) is 5.91 Å². The molecule has 6 heteroatoms. The molecule has 0 aromatic carbocycles. The van der Waals surface area contributed by atoms with Crippen molar-refractivity contribution in [2.75, 3.05) is 0 Å². The van der Waals surface area contributed by atoms with Gasteiger partial charge in [-0.1, -0.05) is 6.07 Å². The number of hydrogen-bond donors (Lipinski definition) is 0. The number of thiophene rings is 1. The number of nitrogens with zero attached hydrogens (tertiary/aromatic N) is 3. The van der Waals surface area contributed by atoms with E-state index in [0.717, 1.165) is 0 Å². The Hall–Kier alpha value is -1.40. The number of carbonyl (C=O) groups is 1. The SMILES string of the molecule is Brc1cccs1.O=C1N=CN=C2N=CC=C12. The van der Waals surface area contributed by atoms with Crippen molar-refractivity contribution in [3.05, 3.63) is 32.9 Å². The molecule has 4 nitrogen and oxygen atoms in total. The van der Waals surface area contributed by atoms with Crippen LogP contribution >= 0.6 is 27.3 Å². The lowest BCUT2D eigenvalue weighted by atomic mass is 10.2. The standard InChI is InChI=1S/C6H3N3O.C4H3BrS/c10-6-4-1-2-7-5(4)8-3-9-6;5-4-2-1-3-6-4/h1-3H;1-3H. The predicted molar refractivity (Wildman–Crippen MR) is 69.5 cm³/mol. The molecule has 16 heavy (non-hydrogen) atoms. The fourth-order valence-electron chi connectivity index (χ4n) is 1.06. The van der Waals surface area contributed by atoms with Gasteiger partial charge in [-0.2, -0.15) is 4.99 Å². The van der Waals surface area contributed by atoms with Gasteiger partial charge in [-0.3, -0.25) is 4.79 Å². The molecule has 0 N–H and O–H groups in total. The van der Waals surface area contributed by atoms with Crippen LogP contribution in [0.25, 0.3) is 0 Å². The number of amidine groups is 1. The molecule has 1 aromatic heterocycles. The van der Waals surface area contributed by atoms with E-state index >= 15 is 0 Å². The fourth-order valence-corrected chi connectivity index (χ4v) is 1.98. The topological polar surface area (TPSA) is 54.1 Å². The Morgan fingerprint density at radius 2 is 2.19 bits per heavy atom. The summed E-state index contributed by atoms with van der Waals surface area (Å²) < 4.78 is 1.20. The molecule has 3 heterocycles. The highest BCUT2D eigenvalue weighted by molar-refractivity contribution is 9.11. The summed E-state index contributed by atoms with van der Waals surface area (Å²) in [6, 6.07) is 4.03. The third-order valence-electron chi connectivity index (χ3n) is 1.75. The van der Waals surface area contributed by atoms with Crippen LogP contribution in [0.5, 0.6) is 0 Å². The zero-order valence-corrected chi connectivity index (χ0v) is 10.4. The van der Waals surface area contributed by atoms with Crippen molar-refractivity contribution in [1.29, 1.82) is 0 Å². The number of rotatable bonds is 0. The summed E-state index contributed by atoms with van der Waals surface area (Å²) >= 11 is 4.99. The summed E-state index contributed by atoms with van der Waals surface area (Å²) in [4.78, 5) is 21.9. The Bertz CT molecular complexity index is 508. The first-order valence-electron chi connectivity index (χ1n) is 4.36. The summed E-state index contributed by atoms with van der Waals surface area (Å²) in [6.07, 6.45) is 4.37. The largest absolute Gasteiger partial charge is 0.282 e. The molecule has 0 radical (unpaired) electrons. The number of amides is 1. The highest BCUT2D eigenvalue weighted by atomic mass is 79.9. The molecular formula is C10H6BrN3OS. The Kier molecular flexibility index (Phi) is 3.53. The molecule has 0 saturated carbocycles. The highest BCUT2D eigenvalue weighted by Gasteiger charge is 2.19. The Balaban J connectivity index is 0.000000138. The molecule has 0 fully saturated rings. The zero-order valence-electron chi connectivity index (χ0n) is 8.00. The third-order valence-corrected chi connectivity index (χ3v) is 3.23. The average molecular weight is 296 g/mol. The molecule has 0 spiro atoms. The maximum atomic E-state index is 10.8. The molecule has 2 aliphatic heterocycles. The smallest absolute Gasteiger partial charge is 0.267 e. The summed E-state index contributed by atoms with van der Waals surface area (Å²) in [5.41, 5.74) is 0.488. The minimum atomic E-state index is -0.262. The van der Waals surface area contributed by atoms with E-state index in [0.29, 0.717) is 11.4 Å². The van der Waals surface area contributed by atoms with E-state index in [-0.39, 0.29) is 5.91 Å². The molecule has 2 aliphatic rings. The molecule has 0 unspecified atom stereocenters. The number of hydrogen-bond acceptors (Lipinski definition) is 4. The number of allylic oxidation sites excluding steroid dienone is 1. The Morgan fingerprint density at radius 1 is 1.31 bits per heavy atom. The fraction of sp³-hybridized carbons (Fsp3) is 0. The van der Waals surface area contributed by atoms with Gasteiger partial charge < -0.3 is 0 Å². The van der Waals surface area contributed by atoms with Gasteiger partial charge >= 0.3 is 0 Å². The molecule has 1 aromatic rings. The van der Waals surface area contributed by atoms with Crippen molar-refractivity contribution < 1.29 is 4.79 Å². The van der Waals surface area contributed by atoms with Crippen molar-refractivity contribution in [2.45, 2.75) is 0 Å². The van der Waals surface area contributed by atoms with Gasteiger partial charge in [-0.05, 0) is 33.5 Å². The van der Waals surface area contributed by atoms with E-state index in [1.165, 1.54) is 10.1 Å². The van der Waals surface area contributed by atoms with E-state index in [4.69, 9.17) is 0 Å². The first kappa shape index (κ1) is 11.1. The monoisotopic (exact) mass is 295 g/mol. The molecule has 0 saturated heterocycles. The Morgan fingerprint density at radius 3 is 2.75 bits per heavy atom. The van der Waals surface area contributed by atoms with Crippen molar-refractivity contribution >= 4 is 51.6 Å². The summed E-state index contributed by atoms with van der Waals surface area (Å²) in [5, 5.41) is 2.03. The minimum Gasteiger partial charge on any atom is -0.267 e. The van der Waals surface area contributed by atoms with Crippen molar-refractivity contribution in [3.63, 3.8) is 0 Å². The van der Waals surface area contributed by atoms with Crippen molar-refractivity contribution in [2.24, 2.45) is 15.0 Å². The van der Waals surface area contributed by atoms with Gasteiger partial charge in [0.1, 0.15) is 6.34 Å². The maximum Gasteiger partial charge on any atom is 0.282 e. The lowest BCUT2D eigenvalue weighted by molar-refractivity contribution is -0.113. The van der Waals surface area contributed by atoms with Gasteiger partial charge in [0.2, 0.25) is 0 Å². The Labute approximate surface area is 104 Å². The first-order valence-corrected chi connectivity index (χ1v) is 6.03. The molecule has 3 rings (SSSR count). The highest BCUT2D eigenvalue weighted by Crippen LogP contribution is 2.14. The summed E-state index contributed by atoms with van der Waals surface area (Å²) in [5.74, 6) is 0.211. The zero-order chi connectivity index (χ0) is 11.4. The van der Waals surface area contributed by atoms with Gasteiger partial charge in [-0.25, -0.2) is 9.98 Å². The van der Waals surface area contributed by atoms with E-state index in [9.17, 15) is 4.79 Å². The first-order chi connectivity index (χ1) is 7.77. The van der Waals surface area contributed by atoms with Gasteiger partial charge in [0, 0.05) is 6.21 Å². The van der Waals surface area contributed by atoms with Crippen LogP contribution in [-0.2, 0) is 4.79 Å². The van der Waals surface area contributed by atoms with Gasteiger partial charge in [-0.15, -0.1) is 11.3 Å². The molecule has 1 amide bonds. The van der Waals surface area contributed by atoms with E-state index in [2.05, 4.69) is 30.9 Å². The van der Waals surface area contributed by atoms with Crippen LogP contribution < -0.4 is 0 Å². The minimum absolute atomic E-state index is 0.262. The summed E-state index contributed by atoms with van der Waals surface area (Å²) in [6.45, 7) is 0. The average Bonchev–Trinajstić information content (AvgIpc) is 2.90. The second-order valence-electron chi connectivity index (χ2n) is 2.78. The van der Waals surface area contributed by atoms with Crippen LogP contribution in [-0.4, -0.2) is 24.3 Å².